The molecular formula is C11H14N4O4. The zero-order valence-corrected chi connectivity index (χ0v) is 10.4. The van der Waals surface area contributed by atoms with Gasteiger partial charge < -0.3 is 10.1 Å². The van der Waals surface area contributed by atoms with Crippen molar-refractivity contribution in [2.75, 3.05) is 0 Å². The van der Waals surface area contributed by atoms with Crippen LogP contribution >= 0.6 is 0 Å². The SMILES string of the molecule is CCCCn1c(=O)[nH]c(=O)c2[nH]c(CC(=O)O)nc21. The topological polar surface area (TPSA) is 121 Å². The number of rotatable bonds is 5. The van der Waals surface area contributed by atoms with Gasteiger partial charge in [-0.1, -0.05) is 13.3 Å². The lowest BCUT2D eigenvalue weighted by Gasteiger charge is -2.03. The maximum Gasteiger partial charge on any atom is 0.330 e. The maximum absolute atomic E-state index is 11.7. The lowest BCUT2D eigenvalue weighted by Crippen LogP contribution is -2.30. The molecule has 3 N–H and O–H groups in total. The molecule has 0 amide bonds. The summed E-state index contributed by atoms with van der Waals surface area (Å²) < 4.78 is 1.35. The van der Waals surface area contributed by atoms with Gasteiger partial charge in [-0.3, -0.25) is 19.1 Å². The van der Waals surface area contributed by atoms with Crippen molar-refractivity contribution in [1.29, 1.82) is 0 Å². The number of fused-ring (bicyclic) bond motifs is 1. The summed E-state index contributed by atoms with van der Waals surface area (Å²) in [6, 6.07) is 0. The molecule has 2 aromatic rings. The number of aryl methyl sites for hydroxylation is 1. The summed E-state index contributed by atoms with van der Waals surface area (Å²) in [6.07, 6.45) is 1.33. The van der Waals surface area contributed by atoms with Crippen LogP contribution in [0.25, 0.3) is 11.2 Å². The van der Waals surface area contributed by atoms with E-state index in [9.17, 15) is 14.4 Å². The number of aliphatic carboxylic acids is 1. The van der Waals surface area contributed by atoms with Crippen LogP contribution < -0.4 is 11.2 Å². The molecule has 8 heteroatoms. The van der Waals surface area contributed by atoms with E-state index in [0.717, 1.165) is 12.8 Å². The largest absolute Gasteiger partial charge is 0.481 e. The Labute approximate surface area is 107 Å². The first-order chi connectivity index (χ1) is 9.02. The van der Waals surface area contributed by atoms with E-state index in [1.54, 1.807) is 0 Å². The van der Waals surface area contributed by atoms with Gasteiger partial charge in [0.05, 0.1) is 0 Å². The number of unbranched alkanes of at least 4 members (excludes halogenated alkanes) is 1. The predicted octanol–water partition coefficient (Wildman–Crippen LogP) is -0.160. The molecule has 0 saturated carbocycles. The third kappa shape index (κ3) is 2.56. The van der Waals surface area contributed by atoms with Crippen molar-refractivity contribution in [2.45, 2.75) is 32.7 Å². The molecule has 0 spiro atoms. The molecule has 0 unspecified atom stereocenters. The van der Waals surface area contributed by atoms with Crippen molar-refractivity contribution in [3.8, 4) is 0 Å². The molecule has 0 aliphatic heterocycles. The number of nitrogens with zero attached hydrogens (tertiary/aromatic N) is 2. The Hall–Kier alpha value is -2.38. The Balaban J connectivity index is 2.60. The number of carboxylic acid groups (broad SMARTS) is 1. The van der Waals surface area contributed by atoms with E-state index in [2.05, 4.69) is 15.0 Å². The Morgan fingerprint density at radius 2 is 2.11 bits per heavy atom. The first-order valence-electron chi connectivity index (χ1n) is 5.96. The Kier molecular flexibility index (Phi) is 3.50. The Morgan fingerprint density at radius 3 is 2.74 bits per heavy atom. The summed E-state index contributed by atoms with van der Waals surface area (Å²) in [5.41, 5.74) is -0.776. The van der Waals surface area contributed by atoms with E-state index in [0.29, 0.717) is 6.54 Å². The van der Waals surface area contributed by atoms with Gasteiger partial charge in [-0.25, -0.2) is 9.78 Å². The fourth-order valence-corrected chi connectivity index (χ4v) is 1.84. The van der Waals surface area contributed by atoms with Crippen molar-refractivity contribution < 1.29 is 9.90 Å². The second-order valence-electron chi connectivity index (χ2n) is 4.22. The predicted molar refractivity (Wildman–Crippen MR) is 67.2 cm³/mol. The summed E-state index contributed by atoms with van der Waals surface area (Å²) in [5.74, 6) is -0.901. The quantitative estimate of drug-likeness (QED) is 0.694. The number of carboxylic acids is 1. The second-order valence-corrected chi connectivity index (χ2v) is 4.22. The van der Waals surface area contributed by atoms with Gasteiger partial charge in [-0.05, 0) is 6.42 Å². The van der Waals surface area contributed by atoms with Gasteiger partial charge in [-0.2, -0.15) is 0 Å². The number of nitrogens with one attached hydrogen (secondary N) is 2. The number of hydrogen-bond acceptors (Lipinski definition) is 4. The van der Waals surface area contributed by atoms with Crippen molar-refractivity contribution in [2.24, 2.45) is 0 Å². The zero-order valence-electron chi connectivity index (χ0n) is 10.4. The van der Waals surface area contributed by atoms with Crippen molar-refractivity contribution in [3.63, 3.8) is 0 Å². The highest BCUT2D eigenvalue weighted by molar-refractivity contribution is 5.73. The van der Waals surface area contributed by atoms with Crippen LogP contribution in [0.4, 0.5) is 0 Å². The number of H-pyrrole nitrogens is 2. The smallest absolute Gasteiger partial charge is 0.330 e. The van der Waals surface area contributed by atoms with E-state index in [-0.39, 0.29) is 23.4 Å². The minimum atomic E-state index is -1.06. The normalized spacial score (nSPS) is 11.0. The minimum Gasteiger partial charge on any atom is -0.481 e. The van der Waals surface area contributed by atoms with E-state index in [1.165, 1.54) is 4.57 Å². The Morgan fingerprint density at radius 1 is 1.37 bits per heavy atom. The van der Waals surface area contributed by atoms with Gasteiger partial charge in [-0.15, -0.1) is 0 Å². The van der Waals surface area contributed by atoms with Crippen LogP contribution in [0.15, 0.2) is 9.59 Å². The average Bonchev–Trinajstić information content (AvgIpc) is 2.72. The van der Waals surface area contributed by atoms with Crippen LogP contribution in [0.5, 0.6) is 0 Å². The molecule has 0 aromatic carbocycles. The van der Waals surface area contributed by atoms with Crippen LogP contribution in [0.2, 0.25) is 0 Å². The summed E-state index contributed by atoms with van der Waals surface area (Å²) in [6.45, 7) is 2.41. The molecule has 0 aliphatic rings. The first-order valence-corrected chi connectivity index (χ1v) is 5.96. The second kappa shape index (κ2) is 5.09. The lowest BCUT2D eigenvalue weighted by atomic mass is 10.3. The van der Waals surface area contributed by atoms with Gasteiger partial charge in [0.1, 0.15) is 17.8 Å². The average molecular weight is 266 g/mol. The number of aromatic nitrogens is 4. The lowest BCUT2D eigenvalue weighted by molar-refractivity contribution is -0.136. The molecule has 0 radical (unpaired) electrons. The van der Waals surface area contributed by atoms with E-state index >= 15 is 0 Å². The fraction of sp³-hybridized carbons (Fsp3) is 0.455. The van der Waals surface area contributed by atoms with Crippen molar-refractivity contribution >= 4 is 17.1 Å². The van der Waals surface area contributed by atoms with Gasteiger partial charge in [0, 0.05) is 6.54 Å². The van der Waals surface area contributed by atoms with Crippen molar-refractivity contribution in [1.82, 2.24) is 19.5 Å². The molecule has 0 bridgehead atoms. The van der Waals surface area contributed by atoms with E-state index < -0.39 is 17.2 Å². The zero-order chi connectivity index (χ0) is 14.0. The van der Waals surface area contributed by atoms with Crippen LogP contribution in [0, 0.1) is 0 Å². The Bertz CT molecular complexity index is 724. The minimum absolute atomic E-state index is 0.131. The molecule has 2 heterocycles. The molecule has 2 rings (SSSR count). The third-order valence-corrected chi connectivity index (χ3v) is 2.74. The van der Waals surface area contributed by atoms with Crippen LogP contribution in [-0.2, 0) is 17.8 Å². The molecule has 0 aliphatic carbocycles. The fourth-order valence-electron chi connectivity index (χ4n) is 1.84. The summed E-state index contributed by atoms with van der Waals surface area (Å²) >= 11 is 0. The van der Waals surface area contributed by atoms with Gasteiger partial charge in [0.2, 0.25) is 0 Å². The van der Waals surface area contributed by atoms with Gasteiger partial charge >= 0.3 is 11.7 Å². The molecule has 102 valence electrons. The van der Waals surface area contributed by atoms with Crippen molar-refractivity contribution in [3.05, 3.63) is 26.7 Å². The molecule has 0 fully saturated rings. The number of hydrogen-bond donors (Lipinski definition) is 3. The monoisotopic (exact) mass is 266 g/mol. The molecule has 0 saturated heterocycles. The highest BCUT2D eigenvalue weighted by Gasteiger charge is 2.14. The highest BCUT2D eigenvalue weighted by Crippen LogP contribution is 2.06. The molecular weight excluding hydrogens is 252 g/mol. The molecule has 8 nitrogen and oxygen atoms in total. The maximum atomic E-state index is 11.7. The molecule has 2 aromatic heterocycles. The molecule has 19 heavy (non-hydrogen) atoms. The third-order valence-electron chi connectivity index (χ3n) is 2.74. The number of carbonyl (C=O) groups is 1. The number of imidazole rings is 1. The van der Waals surface area contributed by atoms with Gasteiger partial charge in [0.15, 0.2) is 5.65 Å². The van der Waals surface area contributed by atoms with E-state index in [1.807, 2.05) is 6.92 Å². The summed E-state index contributed by atoms with van der Waals surface area (Å²) in [7, 11) is 0. The first kappa shape index (κ1) is 13.1. The summed E-state index contributed by atoms with van der Waals surface area (Å²) in [5, 5.41) is 8.71. The van der Waals surface area contributed by atoms with Gasteiger partial charge in [0.25, 0.3) is 5.56 Å². The van der Waals surface area contributed by atoms with Crippen LogP contribution in [-0.4, -0.2) is 30.6 Å². The summed E-state index contributed by atoms with van der Waals surface area (Å²) in [4.78, 5) is 42.9. The highest BCUT2D eigenvalue weighted by atomic mass is 16.4. The van der Waals surface area contributed by atoms with Crippen LogP contribution in [0.1, 0.15) is 25.6 Å². The van der Waals surface area contributed by atoms with Crippen LogP contribution in [0.3, 0.4) is 0 Å². The standard InChI is InChI=1S/C11H14N4O4/c1-2-3-4-15-9-8(10(18)14-11(15)19)12-6(13-9)5-7(16)17/h2-5H2,1H3,(H,12,13)(H,16,17)(H,14,18,19). The number of aromatic amines is 2. The van der Waals surface area contributed by atoms with E-state index in [4.69, 9.17) is 5.11 Å². The molecule has 0 atom stereocenters.